The molecule has 1 aliphatic heterocycles. The third-order valence-corrected chi connectivity index (χ3v) is 2.78. The first kappa shape index (κ1) is 11.9. The zero-order chi connectivity index (χ0) is 12.4. The molecule has 90 valence electrons. The van der Waals surface area contributed by atoms with Crippen molar-refractivity contribution in [3.8, 4) is 0 Å². The van der Waals surface area contributed by atoms with Crippen molar-refractivity contribution in [2.24, 2.45) is 0 Å². The smallest absolute Gasteiger partial charge is 0.257 e. The summed E-state index contributed by atoms with van der Waals surface area (Å²) < 4.78 is 13.5. The Balaban J connectivity index is 2.24. The molecule has 0 saturated carbocycles. The van der Waals surface area contributed by atoms with Crippen LogP contribution in [0.25, 0.3) is 0 Å². The van der Waals surface area contributed by atoms with Crippen LogP contribution in [-0.4, -0.2) is 36.3 Å². The maximum absolute atomic E-state index is 13.5. The Morgan fingerprint density at radius 1 is 1.47 bits per heavy atom. The van der Waals surface area contributed by atoms with E-state index < -0.39 is 11.7 Å². The molecule has 1 saturated heterocycles. The number of benzene rings is 1. The molecule has 0 aromatic heterocycles. The van der Waals surface area contributed by atoms with Gasteiger partial charge in [-0.15, -0.1) is 12.6 Å². The fourth-order valence-corrected chi connectivity index (χ4v) is 1.86. The highest BCUT2D eigenvalue weighted by Crippen LogP contribution is 2.16. The molecule has 0 radical (unpaired) electrons. The maximum atomic E-state index is 13.5. The highest BCUT2D eigenvalue weighted by atomic mass is 32.1. The molecule has 2 amide bonds. The second-order valence-corrected chi connectivity index (χ2v) is 4.26. The number of carbonyl (C=O) groups is 2. The summed E-state index contributed by atoms with van der Waals surface area (Å²) in [6, 6.07) is 4.03. The van der Waals surface area contributed by atoms with E-state index in [9.17, 15) is 14.0 Å². The van der Waals surface area contributed by atoms with Crippen LogP contribution in [0.2, 0.25) is 0 Å². The fraction of sp³-hybridized carbons (Fsp3) is 0.273. The minimum absolute atomic E-state index is 0.0327. The summed E-state index contributed by atoms with van der Waals surface area (Å²) in [7, 11) is 0. The van der Waals surface area contributed by atoms with Crippen LogP contribution in [-0.2, 0) is 4.79 Å². The summed E-state index contributed by atoms with van der Waals surface area (Å²) in [5.74, 6) is -1.31. The van der Waals surface area contributed by atoms with Gasteiger partial charge in [0.1, 0.15) is 5.82 Å². The molecule has 1 aromatic rings. The van der Waals surface area contributed by atoms with Gasteiger partial charge in [-0.25, -0.2) is 4.39 Å². The average Bonchev–Trinajstić information content (AvgIpc) is 2.31. The Morgan fingerprint density at radius 3 is 2.94 bits per heavy atom. The van der Waals surface area contributed by atoms with E-state index in [1.54, 1.807) is 0 Å². The predicted molar refractivity (Wildman–Crippen MR) is 62.6 cm³/mol. The lowest BCUT2D eigenvalue weighted by Crippen LogP contribution is -2.50. The van der Waals surface area contributed by atoms with Gasteiger partial charge in [0.15, 0.2) is 0 Å². The normalized spacial score (nSPS) is 15.6. The minimum atomic E-state index is -0.598. The first-order valence-corrected chi connectivity index (χ1v) is 5.57. The quantitative estimate of drug-likeness (QED) is 0.724. The summed E-state index contributed by atoms with van der Waals surface area (Å²) in [5, 5.41) is 2.60. The van der Waals surface area contributed by atoms with E-state index in [1.165, 1.54) is 23.1 Å². The summed E-state index contributed by atoms with van der Waals surface area (Å²) in [4.78, 5) is 25.0. The van der Waals surface area contributed by atoms with Gasteiger partial charge in [-0.1, -0.05) is 0 Å². The summed E-state index contributed by atoms with van der Waals surface area (Å²) in [6.07, 6.45) is 0. The van der Waals surface area contributed by atoms with Crippen LogP contribution in [0, 0.1) is 5.82 Å². The Bertz CT molecular complexity index is 479. The highest BCUT2D eigenvalue weighted by Gasteiger charge is 2.24. The van der Waals surface area contributed by atoms with E-state index in [4.69, 9.17) is 0 Å². The zero-order valence-electron chi connectivity index (χ0n) is 8.94. The average molecular weight is 254 g/mol. The number of thiol groups is 1. The number of rotatable bonds is 1. The lowest BCUT2D eigenvalue weighted by atomic mass is 10.1. The number of nitrogens with one attached hydrogen (secondary N) is 1. The SMILES string of the molecule is O=C1CN(C(=O)c2cc(S)ccc2F)CCN1. The second kappa shape index (κ2) is 4.75. The van der Waals surface area contributed by atoms with E-state index in [0.717, 1.165) is 0 Å². The monoisotopic (exact) mass is 254 g/mol. The van der Waals surface area contributed by atoms with Gasteiger partial charge in [0.05, 0.1) is 12.1 Å². The number of halogens is 1. The molecule has 1 aromatic carbocycles. The number of carbonyl (C=O) groups excluding carboxylic acids is 2. The van der Waals surface area contributed by atoms with Crippen molar-refractivity contribution in [1.29, 1.82) is 0 Å². The highest BCUT2D eigenvalue weighted by molar-refractivity contribution is 7.80. The molecule has 17 heavy (non-hydrogen) atoms. The van der Waals surface area contributed by atoms with Gasteiger partial charge >= 0.3 is 0 Å². The van der Waals surface area contributed by atoms with Crippen molar-refractivity contribution < 1.29 is 14.0 Å². The van der Waals surface area contributed by atoms with Crippen molar-refractivity contribution in [3.63, 3.8) is 0 Å². The van der Waals surface area contributed by atoms with E-state index in [0.29, 0.717) is 18.0 Å². The summed E-state index contributed by atoms with van der Waals surface area (Å²) in [6.45, 7) is 0.753. The first-order chi connectivity index (χ1) is 8.08. The van der Waals surface area contributed by atoms with Gasteiger partial charge in [0, 0.05) is 18.0 Å². The third-order valence-electron chi connectivity index (χ3n) is 2.51. The lowest BCUT2D eigenvalue weighted by molar-refractivity contribution is -0.123. The molecule has 1 aliphatic rings. The van der Waals surface area contributed by atoms with Crippen LogP contribution in [0.4, 0.5) is 4.39 Å². The van der Waals surface area contributed by atoms with Gasteiger partial charge in [-0.05, 0) is 18.2 Å². The Morgan fingerprint density at radius 2 is 2.24 bits per heavy atom. The van der Waals surface area contributed by atoms with E-state index in [-0.39, 0.29) is 18.0 Å². The summed E-state index contributed by atoms with van der Waals surface area (Å²) >= 11 is 4.06. The molecular formula is C11H11FN2O2S. The molecule has 2 rings (SSSR count). The minimum Gasteiger partial charge on any atom is -0.353 e. The van der Waals surface area contributed by atoms with Crippen molar-refractivity contribution in [2.45, 2.75) is 4.90 Å². The first-order valence-electron chi connectivity index (χ1n) is 5.12. The molecule has 6 heteroatoms. The van der Waals surface area contributed by atoms with Crippen LogP contribution in [0.5, 0.6) is 0 Å². The standard InChI is InChI=1S/C11H11FN2O2S/c12-9-2-1-7(17)5-8(9)11(16)14-4-3-13-10(15)6-14/h1-2,5,17H,3-4,6H2,(H,13,15). The molecule has 4 nitrogen and oxygen atoms in total. The van der Waals surface area contributed by atoms with Crippen molar-refractivity contribution in [1.82, 2.24) is 10.2 Å². The number of piperazine rings is 1. The van der Waals surface area contributed by atoms with Crippen molar-refractivity contribution in [3.05, 3.63) is 29.6 Å². The number of hydrogen-bond donors (Lipinski definition) is 2. The number of nitrogens with zero attached hydrogens (tertiary/aromatic N) is 1. The summed E-state index contributed by atoms with van der Waals surface area (Å²) in [5.41, 5.74) is -0.0489. The molecule has 1 fully saturated rings. The molecule has 0 bridgehead atoms. The molecule has 0 atom stereocenters. The predicted octanol–water partition coefficient (Wildman–Crippen LogP) is 0.686. The number of hydrogen-bond acceptors (Lipinski definition) is 3. The van der Waals surface area contributed by atoms with Gasteiger partial charge in [0.2, 0.25) is 5.91 Å². The Labute approximate surface area is 103 Å². The second-order valence-electron chi connectivity index (χ2n) is 3.74. The molecule has 0 aliphatic carbocycles. The van der Waals surface area contributed by atoms with Crippen LogP contribution in [0.3, 0.4) is 0 Å². The van der Waals surface area contributed by atoms with Crippen LogP contribution < -0.4 is 5.32 Å². The zero-order valence-corrected chi connectivity index (χ0v) is 9.84. The molecule has 0 spiro atoms. The van der Waals surface area contributed by atoms with Gasteiger partial charge < -0.3 is 10.2 Å². The van der Waals surface area contributed by atoms with E-state index in [1.807, 2.05) is 0 Å². The van der Waals surface area contributed by atoms with Crippen LogP contribution in [0.1, 0.15) is 10.4 Å². The molecule has 1 N–H and O–H groups in total. The van der Waals surface area contributed by atoms with Gasteiger partial charge in [-0.2, -0.15) is 0 Å². The third kappa shape index (κ3) is 2.58. The molecule has 1 heterocycles. The topological polar surface area (TPSA) is 49.4 Å². The fourth-order valence-electron chi connectivity index (χ4n) is 1.66. The lowest BCUT2D eigenvalue weighted by Gasteiger charge is -2.26. The van der Waals surface area contributed by atoms with Crippen molar-refractivity contribution in [2.75, 3.05) is 19.6 Å². The van der Waals surface area contributed by atoms with Crippen LogP contribution in [0.15, 0.2) is 23.1 Å². The number of amides is 2. The Kier molecular flexibility index (Phi) is 3.33. The largest absolute Gasteiger partial charge is 0.353 e. The van der Waals surface area contributed by atoms with Gasteiger partial charge in [-0.3, -0.25) is 9.59 Å². The Hall–Kier alpha value is -1.56. The molecule has 0 unspecified atom stereocenters. The van der Waals surface area contributed by atoms with E-state index in [2.05, 4.69) is 17.9 Å². The van der Waals surface area contributed by atoms with Crippen molar-refractivity contribution >= 4 is 24.4 Å². The maximum Gasteiger partial charge on any atom is 0.257 e. The van der Waals surface area contributed by atoms with Crippen LogP contribution >= 0.6 is 12.6 Å². The van der Waals surface area contributed by atoms with E-state index >= 15 is 0 Å². The molecular weight excluding hydrogens is 243 g/mol. The van der Waals surface area contributed by atoms with Gasteiger partial charge in [0.25, 0.3) is 5.91 Å².